The number of likely N-dealkylation sites (N-methyl/N-ethyl adjacent to an activating group) is 1. The van der Waals surface area contributed by atoms with Crippen LogP contribution in [0.4, 0.5) is 0 Å². The first kappa shape index (κ1) is 26.5. The topological polar surface area (TPSA) is 161 Å². The van der Waals surface area contributed by atoms with Crippen molar-refractivity contribution in [2.45, 2.75) is 0 Å². The Hall–Kier alpha value is -0.730. The van der Waals surface area contributed by atoms with Crippen molar-refractivity contribution >= 4 is 24.3 Å². The van der Waals surface area contributed by atoms with Crippen molar-refractivity contribution in [2.24, 2.45) is 0 Å². The number of hydrogen-bond acceptors (Lipinski definition) is 9. The van der Waals surface area contributed by atoms with Crippen LogP contribution in [0.25, 0.3) is 0 Å². The second kappa shape index (κ2) is 10.4. The number of rotatable bonds is 5. The van der Waals surface area contributed by atoms with E-state index in [2.05, 4.69) is 0 Å². The molecule has 1 N–H and O–H groups in total. The maximum atomic E-state index is 11.6. The zero-order valence-electron chi connectivity index (χ0n) is 14.2. The number of ether oxygens (including phenoxy) is 1. The number of carbonyl (C=O) groups is 1. The molecule has 0 aliphatic heterocycles. The predicted octanol–water partition coefficient (Wildman–Crippen LogP) is -3.75. The summed E-state index contributed by atoms with van der Waals surface area (Å²) in [5.74, 6) is -0.524. The maximum Gasteiger partial charge on any atom is 1.00 e. The Labute approximate surface area is 168 Å². The van der Waals surface area contributed by atoms with Gasteiger partial charge in [0.2, 0.25) is 0 Å². The van der Waals surface area contributed by atoms with Gasteiger partial charge in [0.25, 0.3) is 0 Å². The van der Waals surface area contributed by atoms with E-state index in [1.165, 1.54) is 6.07 Å². The summed E-state index contributed by atoms with van der Waals surface area (Å²) in [5, 5.41) is 9.44. The largest absolute Gasteiger partial charge is 1.00 e. The summed E-state index contributed by atoms with van der Waals surface area (Å²) in [6.45, 7) is 1.08. The summed E-state index contributed by atoms with van der Waals surface area (Å²) in [6.07, 6.45) is 0. The van der Waals surface area contributed by atoms with Gasteiger partial charge in [-0.15, -0.1) is 0 Å². The zero-order chi connectivity index (χ0) is 19.2. The van der Waals surface area contributed by atoms with Crippen LogP contribution >= 0.6 is 0 Å². The molecule has 0 saturated carbocycles. The summed E-state index contributed by atoms with van der Waals surface area (Å²) >= 11 is 0. The van der Waals surface area contributed by atoms with Crippen LogP contribution in [0.5, 0.6) is 5.75 Å². The Bertz CT molecular complexity index is 740. The standard InChI is InChI=1S/C12H17NO3.Na.H2O6S2/c1-13(2,3)8-9-16-12(15)10-6-4-5-7-11(10)14;;1-7(2,3)8(4,5)6/h4-7H,8-9H2,1-3H3;;(H,1,2,3)(H,4,5,6)/q;+1;/p-1. The molecular formula is C12H18NNaO9S2. The third-order valence-corrected chi connectivity index (χ3v) is 4.37. The van der Waals surface area contributed by atoms with Gasteiger partial charge in [0, 0.05) is 0 Å². The average molecular weight is 407 g/mol. The molecule has 0 fully saturated rings. The molecule has 0 spiro atoms. The van der Waals surface area contributed by atoms with Crippen LogP contribution in [0.3, 0.4) is 0 Å². The summed E-state index contributed by atoms with van der Waals surface area (Å²) in [5.41, 5.74) is 0.212. The van der Waals surface area contributed by atoms with E-state index < -0.39 is 24.3 Å². The zero-order valence-corrected chi connectivity index (χ0v) is 17.8. The molecule has 1 aromatic carbocycles. The molecule has 0 heterocycles. The fraction of sp³-hybridized carbons (Fsp3) is 0.417. The van der Waals surface area contributed by atoms with Gasteiger partial charge in [0.1, 0.15) is 24.5 Å². The minimum atomic E-state index is -5.67. The minimum Gasteiger partial charge on any atom is -0.736 e. The number of carbonyl (C=O) groups excluding carboxylic acids is 1. The third-order valence-electron chi connectivity index (χ3n) is 2.37. The Morgan fingerprint density at radius 2 is 1.52 bits per heavy atom. The monoisotopic (exact) mass is 407 g/mol. The first-order valence-electron chi connectivity index (χ1n) is 6.32. The van der Waals surface area contributed by atoms with E-state index >= 15 is 0 Å². The Kier molecular flexibility index (Phi) is 11.1. The molecule has 10 nitrogen and oxygen atoms in total. The summed E-state index contributed by atoms with van der Waals surface area (Å²) in [4.78, 5) is 11.6. The van der Waals surface area contributed by atoms with Gasteiger partial charge in [-0.05, 0) is 12.1 Å². The van der Waals surface area contributed by atoms with Gasteiger partial charge in [-0.2, -0.15) is 0 Å². The van der Waals surface area contributed by atoms with E-state index in [0.717, 1.165) is 11.0 Å². The predicted molar refractivity (Wildman–Crippen MR) is 80.7 cm³/mol. The Balaban J connectivity index is 0. The molecule has 0 aliphatic carbocycles. The SMILES string of the molecule is C[N+](C)(C)CCOC(=O)c1ccccc1O.O=S(=O)([O-])S(=O)(=O)[O-].[Na+]. The Morgan fingerprint density at radius 3 is 1.88 bits per heavy atom. The van der Waals surface area contributed by atoms with Crippen molar-refractivity contribution in [1.82, 2.24) is 0 Å². The van der Waals surface area contributed by atoms with E-state index in [9.17, 15) is 35.8 Å². The molecule has 138 valence electrons. The van der Waals surface area contributed by atoms with Crippen molar-refractivity contribution in [2.75, 3.05) is 34.3 Å². The number of esters is 1. The molecule has 0 aromatic heterocycles. The average Bonchev–Trinajstić information content (AvgIpc) is 2.35. The van der Waals surface area contributed by atoms with Gasteiger partial charge in [-0.3, -0.25) is 0 Å². The second-order valence-corrected chi connectivity index (χ2v) is 9.57. The number of aromatic hydroxyl groups is 1. The van der Waals surface area contributed by atoms with E-state index in [0.29, 0.717) is 6.61 Å². The number of benzene rings is 1. The molecule has 0 unspecified atom stereocenters. The summed E-state index contributed by atoms with van der Waals surface area (Å²) < 4.78 is 61.0. The van der Waals surface area contributed by atoms with Gasteiger partial charge in [0.15, 0.2) is 18.3 Å². The van der Waals surface area contributed by atoms with Crippen LogP contribution in [0, 0.1) is 0 Å². The number of hydrogen-bond donors (Lipinski definition) is 1. The summed E-state index contributed by atoms with van der Waals surface area (Å²) in [7, 11) is -5.28. The van der Waals surface area contributed by atoms with E-state index in [1.54, 1.807) is 18.2 Å². The van der Waals surface area contributed by atoms with Crippen molar-refractivity contribution in [3.8, 4) is 5.75 Å². The fourth-order valence-electron chi connectivity index (χ4n) is 1.14. The van der Waals surface area contributed by atoms with Crippen LogP contribution in [0.15, 0.2) is 24.3 Å². The molecule has 1 aromatic rings. The molecule has 0 amide bonds. The molecule has 1 rings (SSSR count). The number of quaternary nitrogens is 1. The third kappa shape index (κ3) is 11.5. The van der Waals surface area contributed by atoms with Gasteiger partial charge in [-0.25, -0.2) is 21.6 Å². The van der Waals surface area contributed by atoms with Crippen molar-refractivity contribution in [1.29, 1.82) is 0 Å². The van der Waals surface area contributed by atoms with E-state index in [-0.39, 0.29) is 40.9 Å². The quantitative estimate of drug-likeness (QED) is 0.170. The summed E-state index contributed by atoms with van der Waals surface area (Å²) in [6, 6.07) is 6.37. The van der Waals surface area contributed by atoms with E-state index in [1.807, 2.05) is 21.1 Å². The minimum absolute atomic E-state index is 0. The van der Waals surface area contributed by atoms with Crippen LogP contribution in [0.2, 0.25) is 0 Å². The van der Waals surface area contributed by atoms with Gasteiger partial charge in [0.05, 0.1) is 21.1 Å². The van der Waals surface area contributed by atoms with Crippen LogP contribution in [-0.2, 0) is 23.0 Å². The number of para-hydroxylation sites is 1. The van der Waals surface area contributed by atoms with Crippen molar-refractivity contribution in [3.05, 3.63) is 29.8 Å². The van der Waals surface area contributed by atoms with Crippen LogP contribution < -0.4 is 29.6 Å². The molecule has 25 heavy (non-hydrogen) atoms. The molecule has 0 aliphatic rings. The molecule has 0 saturated heterocycles. The normalized spacial score (nSPS) is 11.6. The van der Waals surface area contributed by atoms with Crippen LogP contribution in [-0.4, -0.2) is 75.8 Å². The van der Waals surface area contributed by atoms with Crippen molar-refractivity contribution < 1.29 is 74.6 Å². The fourth-order valence-corrected chi connectivity index (χ4v) is 1.14. The number of phenolic OH excluding ortho intramolecular Hbond substituents is 1. The first-order chi connectivity index (χ1) is 10.6. The van der Waals surface area contributed by atoms with Gasteiger partial charge in [-0.1, -0.05) is 12.1 Å². The smallest absolute Gasteiger partial charge is 0.736 e. The number of nitrogens with zero attached hydrogens (tertiary/aromatic N) is 1. The maximum absolute atomic E-state index is 11.6. The van der Waals surface area contributed by atoms with Gasteiger partial charge >= 0.3 is 35.5 Å². The van der Waals surface area contributed by atoms with Crippen LogP contribution in [0.1, 0.15) is 10.4 Å². The first-order valence-corrected chi connectivity index (χ1v) is 9.66. The Morgan fingerprint density at radius 1 is 1.08 bits per heavy atom. The molecule has 13 heteroatoms. The number of phenols is 1. The van der Waals surface area contributed by atoms with Gasteiger partial charge < -0.3 is 23.4 Å². The molecule has 0 atom stereocenters. The molecular weight excluding hydrogens is 389 g/mol. The molecule has 0 bridgehead atoms. The van der Waals surface area contributed by atoms with Crippen molar-refractivity contribution in [3.63, 3.8) is 0 Å². The van der Waals surface area contributed by atoms with E-state index in [4.69, 9.17) is 4.74 Å². The second-order valence-electron chi connectivity index (χ2n) is 5.48. The molecule has 0 radical (unpaired) electrons.